The zero-order valence-electron chi connectivity index (χ0n) is 33.0. The van der Waals surface area contributed by atoms with E-state index in [0.29, 0.717) is 23.9 Å². The number of unbranched alkanes of at least 4 members (excludes halogenated alkanes) is 13. The fourth-order valence-electron chi connectivity index (χ4n) is 4.96. The van der Waals surface area contributed by atoms with Gasteiger partial charge in [0.2, 0.25) is 0 Å². The second kappa shape index (κ2) is 33.8. The van der Waals surface area contributed by atoms with Gasteiger partial charge in [0.15, 0.2) is 6.10 Å². The van der Waals surface area contributed by atoms with Gasteiger partial charge < -0.3 is 27.9 Å². The van der Waals surface area contributed by atoms with E-state index in [9.17, 15) is 19.0 Å². The number of carbonyl (C=O) groups is 2. The maximum absolute atomic E-state index is 12.6. The second-order valence-electron chi connectivity index (χ2n) is 14.3. The van der Waals surface area contributed by atoms with Crippen molar-refractivity contribution in [3.05, 3.63) is 48.6 Å². The number of allylic oxidation sites excluding steroid dienone is 8. The van der Waals surface area contributed by atoms with Crippen LogP contribution in [0.1, 0.15) is 149 Å². The van der Waals surface area contributed by atoms with E-state index in [4.69, 9.17) is 18.5 Å². The van der Waals surface area contributed by atoms with E-state index in [1.807, 2.05) is 21.1 Å². The number of phosphoric acid groups is 1. The minimum Gasteiger partial charge on any atom is -0.756 e. The van der Waals surface area contributed by atoms with Crippen LogP contribution < -0.4 is 4.89 Å². The van der Waals surface area contributed by atoms with Crippen molar-refractivity contribution >= 4 is 19.8 Å². The third kappa shape index (κ3) is 37.5. The van der Waals surface area contributed by atoms with Crippen LogP contribution in [0.25, 0.3) is 0 Å². The fourth-order valence-corrected chi connectivity index (χ4v) is 5.69. The minimum atomic E-state index is -4.62. The molecule has 0 aromatic carbocycles. The quantitative estimate of drug-likeness (QED) is 0.0208. The molecule has 0 aliphatic rings. The largest absolute Gasteiger partial charge is 0.756 e. The van der Waals surface area contributed by atoms with E-state index in [0.717, 1.165) is 83.5 Å². The van der Waals surface area contributed by atoms with Crippen molar-refractivity contribution in [3.63, 3.8) is 0 Å². The molecule has 296 valence electrons. The number of rotatable bonds is 35. The minimum absolute atomic E-state index is 0.0359. The van der Waals surface area contributed by atoms with Gasteiger partial charge in [0.25, 0.3) is 7.82 Å². The number of quaternary nitrogens is 1. The third-order valence-electron chi connectivity index (χ3n) is 8.06. The molecule has 2 atom stereocenters. The van der Waals surface area contributed by atoms with E-state index in [1.165, 1.54) is 25.7 Å². The first-order valence-electron chi connectivity index (χ1n) is 19.8. The monoisotopic (exact) mass is 740 g/mol. The third-order valence-corrected chi connectivity index (χ3v) is 9.03. The molecule has 0 heterocycles. The van der Waals surface area contributed by atoms with Gasteiger partial charge in [-0.1, -0.05) is 120 Å². The molecule has 0 amide bonds. The van der Waals surface area contributed by atoms with Crippen molar-refractivity contribution in [3.8, 4) is 0 Å². The Hall–Kier alpha value is -2.03. The fraction of sp³-hybridized carbons (Fsp3) is 0.756. The lowest BCUT2D eigenvalue weighted by Crippen LogP contribution is -2.37. The van der Waals surface area contributed by atoms with Gasteiger partial charge in [0, 0.05) is 12.8 Å². The van der Waals surface area contributed by atoms with Gasteiger partial charge in [0.05, 0.1) is 27.7 Å². The molecule has 0 N–H and O–H groups in total. The summed E-state index contributed by atoms with van der Waals surface area (Å²) in [5.41, 5.74) is 0. The number of hydrogen-bond donors (Lipinski definition) is 0. The van der Waals surface area contributed by atoms with Gasteiger partial charge in [0.1, 0.15) is 19.8 Å². The molecule has 0 aromatic rings. The Morgan fingerprint density at radius 2 is 1.12 bits per heavy atom. The first-order valence-corrected chi connectivity index (χ1v) is 21.3. The van der Waals surface area contributed by atoms with Crippen molar-refractivity contribution in [2.75, 3.05) is 47.5 Å². The van der Waals surface area contributed by atoms with Gasteiger partial charge in [-0.3, -0.25) is 14.2 Å². The molecule has 0 spiro atoms. The highest BCUT2D eigenvalue weighted by Gasteiger charge is 2.21. The summed E-state index contributed by atoms with van der Waals surface area (Å²) in [6, 6.07) is 0. The molecule has 2 unspecified atom stereocenters. The van der Waals surface area contributed by atoms with Crippen LogP contribution in [-0.2, 0) is 32.7 Å². The molecule has 51 heavy (non-hydrogen) atoms. The summed E-state index contributed by atoms with van der Waals surface area (Å²) in [7, 11) is 1.14. The summed E-state index contributed by atoms with van der Waals surface area (Å²) in [5.74, 6) is -0.864. The molecule has 0 radical (unpaired) electrons. The smallest absolute Gasteiger partial charge is 0.306 e. The van der Waals surface area contributed by atoms with Gasteiger partial charge in [-0.2, -0.15) is 0 Å². The van der Waals surface area contributed by atoms with Crippen molar-refractivity contribution in [1.82, 2.24) is 0 Å². The number of esters is 2. The normalized spacial score (nSPS) is 14.2. The Morgan fingerprint density at radius 3 is 1.69 bits per heavy atom. The van der Waals surface area contributed by atoms with Crippen LogP contribution in [0.2, 0.25) is 0 Å². The van der Waals surface area contributed by atoms with Crippen molar-refractivity contribution in [2.24, 2.45) is 0 Å². The van der Waals surface area contributed by atoms with Crippen LogP contribution in [0, 0.1) is 0 Å². The molecule has 0 saturated heterocycles. The van der Waals surface area contributed by atoms with Gasteiger partial charge in [-0.25, -0.2) is 0 Å². The zero-order chi connectivity index (χ0) is 37.9. The number of phosphoric ester groups is 1. The molecule has 0 bridgehead atoms. The molecule has 0 aliphatic heterocycles. The Bertz CT molecular complexity index is 1020. The van der Waals surface area contributed by atoms with Crippen LogP contribution in [0.15, 0.2) is 48.6 Å². The average molecular weight is 740 g/mol. The number of hydrogen-bond acceptors (Lipinski definition) is 8. The molecule has 0 fully saturated rings. The van der Waals surface area contributed by atoms with Crippen LogP contribution in [-0.4, -0.2) is 70.0 Å². The molecule has 10 heteroatoms. The number of carbonyl (C=O) groups excluding carboxylic acids is 2. The van der Waals surface area contributed by atoms with E-state index in [-0.39, 0.29) is 26.1 Å². The van der Waals surface area contributed by atoms with Crippen LogP contribution in [0.5, 0.6) is 0 Å². The number of nitrogens with zero attached hydrogens (tertiary/aromatic N) is 1. The Morgan fingerprint density at radius 1 is 0.627 bits per heavy atom. The molecule has 0 aromatic heterocycles. The Balaban J connectivity index is 4.42. The molecule has 0 rings (SSSR count). The second-order valence-corrected chi connectivity index (χ2v) is 15.7. The highest BCUT2D eigenvalue weighted by atomic mass is 31.2. The predicted molar refractivity (Wildman–Crippen MR) is 208 cm³/mol. The van der Waals surface area contributed by atoms with Gasteiger partial charge >= 0.3 is 11.9 Å². The van der Waals surface area contributed by atoms with Gasteiger partial charge in [-0.15, -0.1) is 0 Å². The Labute approximate surface area is 312 Å². The first kappa shape index (κ1) is 49.0. The van der Waals surface area contributed by atoms with E-state index in [1.54, 1.807) is 0 Å². The number of likely N-dealkylation sites (N-methyl/N-ethyl adjacent to an activating group) is 1. The SMILES string of the molecule is CC/C=C\C/C=C\C/C=C\CCCCCCCCCC(=O)OC(COC(=O)CCCCCCC/C=C\CCC)COP(=O)([O-])OCC[N+](C)(C)C. The molecular formula is C41H74NO8P. The van der Waals surface area contributed by atoms with Crippen LogP contribution >= 0.6 is 7.82 Å². The maximum atomic E-state index is 12.6. The first-order chi connectivity index (χ1) is 24.5. The summed E-state index contributed by atoms with van der Waals surface area (Å²) < 4.78 is 33.7. The Kier molecular flexibility index (Phi) is 32.4. The highest BCUT2D eigenvalue weighted by molar-refractivity contribution is 7.45. The standard InChI is InChI=1S/C41H74NO8P/c1-6-8-10-12-14-16-18-19-20-21-22-23-24-26-28-30-32-34-41(44)50-39(38-49-51(45,46)48-36-35-42(3,4)5)37-47-40(43)33-31-29-27-25-17-15-13-11-9-7-2/h8,10-11,13-14,16,19-20,39H,6-7,9,12,15,17-18,21-38H2,1-5H3/b10-8-,13-11-,16-14-,20-19-. The zero-order valence-corrected chi connectivity index (χ0v) is 33.9. The van der Waals surface area contributed by atoms with Crippen molar-refractivity contribution in [1.29, 1.82) is 0 Å². The lowest BCUT2D eigenvalue weighted by Gasteiger charge is -2.28. The summed E-state index contributed by atoms with van der Waals surface area (Å²) in [6.07, 6.45) is 37.1. The maximum Gasteiger partial charge on any atom is 0.306 e. The highest BCUT2D eigenvalue weighted by Crippen LogP contribution is 2.38. The summed E-state index contributed by atoms with van der Waals surface area (Å²) in [5, 5.41) is 0. The lowest BCUT2D eigenvalue weighted by atomic mass is 10.1. The van der Waals surface area contributed by atoms with Crippen molar-refractivity contribution in [2.45, 2.75) is 155 Å². The summed E-state index contributed by atoms with van der Waals surface area (Å²) >= 11 is 0. The number of ether oxygens (including phenoxy) is 2. The average Bonchev–Trinajstić information content (AvgIpc) is 3.07. The summed E-state index contributed by atoms with van der Waals surface area (Å²) in [4.78, 5) is 37.3. The molecule has 9 nitrogen and oxygen atoms in total. The summed E-state index contributed by atoms with van der Waals surface area (Å²) in [6.45, 7) is 4.01. The van der Waals surface area contributed by atoms with Crippen LogP contribution in [0.4, 0.5) is 0 Å². The van der Waals surface area contributed by atoms with E-state index >= 15 is 0 Å². The van der Waals surface area contributed by atoms with Crippen molar-refractivity contribution < 1.29 is 42.1 Å². The molecule has 0 saturated carbocycles. The molecule has 0 aliphatic carbocycles. The predicted octanol–water partition coefficient (Wildman–Crippen LogP) is 10.1. The topological polar surface area (TPSA) is 111 Å². The van der Waals surface area contributed by atoms with E-state index < -0.39 is 32.5 Å². The van der Waals surface area contributed by atoms with Gasteiger partial charge in [-0.05, 0) is 64.2 Å². The molecular weight excluding hydrogens is 665 g/mol. The van der Waals surface area contributed by atoms with E-state index in [2.05, 4.69) is 62.5 Å². The van der Waals surface area contributed by atoms with Crippen LogP contribution in [0.3, 0.4) is 0 Å². The lowest BCUT2D eigenvalue weighted by molar-refractivity contribution is -0.870.